The number of aliphatic hydroxyl groups excluding tert-OH is 4. The molecule has 0 aliphatic carbocycles. The lowest BCUT2D eigenvalue weighted by Crippen LogP contribution is -2.58. The van der Waals surface area contributed by atoms with Crippen LogP contribution in [0, 0.1) is 10.8 Å². The fraction of sp³-hybridized carbons (Fsp3) is 0.588. The summed E-state index contributed by atoms with van der Waals surface area (Å²) in [7, 11) is 0. The first kappa shape index (κ1) is 23.9. The molecule has 4 N–H and O–H groups in total. The summed E-state index contributed by atoms with van der Waals surface area (Å²) < 4.78 is 10.1. The second-order valence-corrected chi connectivity index (χ2v) is 6.58. The van der Waals surface area contributed by atoms with Gasteiger partial charge in [0.25, 0.3) is 5.79 Å². The Morgan fingerprint density at radius 3 is 1.88 bits per heavy atom. The van der Waals surface area contributed by atoms with Crippen molar-refractivity contribution in [3.8, 4) is 0 Å². The highest BCUT2D eigenvalue weighted by Gasteiger charge is 2.54. The van der Waals surface area contributed by atoms with Crippen LogP contribution in [0.3, 0.4) is 0 Å². The molecule has 0 amide bonds. The molecule has 2 unspecified atom stereocenters. The molecule has 0 rings (SSSR count). The molecule has 0 saturated heterocycles. The molecule has 26 heavy (non-hydrogen) atoms. The fourth-order valence-corrected chi connectivity index (χ4v) is 1.92. The number of aliphatic hydroxyl groups is 4. The smallest absolute Gasteiger partial charge is 0.339 e. The zero-order valence-corrected chi connectivity index (χ0v) is 15.1. The van der Waals surface area contributed by atoms with Gasteiger partial charge in [0, 0.05) is 13.0 Å². The lowest BCUT2D eigenvalue weighted by molar-refractivity contribution is -0.281. The van der Waals surface area contributed by atoms with Gasteiger partial charge in [-0.2, -0.15) is 0 Å². The van der Waals surface area contributed by atoms with E-state index in [1.807, 2.05) is 0 Å². The third-order valence-electron chi connectivity index (χ3n) is 4.22. The SMILES string of the molecule is C=CC(=O)OC(C)(OC(=O)C(=C)C(O)C(C)(C)C=O)C(CO)(CO)CO. The summed E-state index contributed by atoms with van der Waals surface area (Å²) >= 11 is 0. The molecule has 148 valence electrons. The maximum atomic E-state index is 12.4. The van der Waals surface area contributed by atoms with Gasteiger partial charge in [0.05, 0.1) is 36.9 Å². The number of ether oxygens (including phenoxy) is 2. The van der Waals surface area contributed by atoms with Crippen molar-refractivity contribution >= 4 is 18.2 Å². The first-order valence-corrected chi connectivity index (χ1v) is 7.64. The van der Waals surface area contributed by atoms with E-state index in [2.05, 4.69) is 13.2 Å². The molecule has 0 aromatic heterocycles. The van der Waals surface area contributed by atoms with Crippen molar-refractivity contribution in [1.29, 1.82) is 0 Å². The Hall–Kier alpha value is -2.07. The van der Waals surface area contributed by atoms with Crippen LogP contribution in [0.15, 0.2) is 24.8 Å². The summed E-state index contributed by atoms with van der Waals surface area (Å²) in [6, 6.07) is 0. The largest absolute Gasteiger partial charge is 0.419 e. The van der Waals surface area contributed by atoms with Gasteiger partial charge < -0.3 is 34.7 Å². The fourth-order valence-electron chi connectivity index (χ4n) is 1.92. The molecule has 0 bridgehead atoms. The van der Waals surface area contributed by atoms with Crippen molar-refractivity contribution in [3.05, 3.63) is 24.8 Å². The summed E-state index contributed by atoms with van der Waals surface area (Å²) in [5, 5.41) is 38.8. The zero-order chi connectivity index (χ0) is 20.8. The average molecular weight is 374 g/mol. The van der Waals surface area contributed by atoms with Gasteiger partial charge in [-0.1, -0.05) is 27.0 Å². The minimum atomic E-state index is -2.33. The lowest BCUT2D eigenvalue weighted by atomic mass is 9.81. The molecule has 0 fully saturated rings. The van der Waals surface area contributed by atoms with E-state index in [4.69, 9.17) is 9.47 Å². The number of esters is 2. The molecule has 9 nitrogen and oxygen atoms in total. The van der Waals surface area contributed by atoms with Crippen LogP contribution in [-0.2, 0) is 23.9 Å². The second kappa shape index (κ2) is 9.04. The first-order chi connectivity index (χ1) is 11.9. The number of aldehydes is 1. The molecule has 0 saturated carbocycles. The summed E-state index contributed by atoms with van der Waals surface area (Å²) in [6.07, 6.45) is -0.437. The maximum Gasteiger partial charge on any atom is 0.339 e. The normalized spacial score (nSPS) is 15.3. The van der Waals surface area contributed by atoms with E-state index < -0.39 is 60.1 Å². The van der Waals surface area contributed by atoms with Crippen molar-refractivity contribution in [2.45, 2.75) is 32.7 Å². The van der Waals surface area contributed by atoms with Gasteiger partial charge in [-0.3, -0.25) is 0 Å². The molecule has 0 spiro atoms. The number of rotatable bonds is 11. The van der Waals surface area contributed by atoms with Crippen LogP contribution in [0.25, 0.3) is 0 Å². The van der Waals surface area contributed by atoms with Crippen LogP contribution in [0.1, 0.15) is 20.8 Å². The second-order valence-electron chi connectivity index (χ2n) is 6.58. The summed E-state index contributed by atoms with van der Waals surface area (Å²) in [6.45, 7) is 7.59. The molecule has 9 heteroatoms. The molecular weight excluding hydrogens is 348 g/mol. The predicted molar refractivity (Wildman–Crippen MR) is 89.5 cm³/mol. The third-order valence-corrected chi connectivity index (χ3v) is 4.22. The molecule has 0 aliphatic heterocycles. The Bertz CT molecular complexity index is 554. The number of carbonyl (C=O) groups is 3. The Labute approximate surface area is 151 Å². The van der Waals surface area contributed by atoms with Gasteiger partial charge in [-0.25, -0.2) is 9.59 Å². The van der Waals surface area contributed by atoms with E-state index >= 15 is 0 Å². The van der Waals surface area contributed by atoms with Crippen LogP contribution >= 0.6 is 0 Å². The topological polar surface area (TPSA) is 151 Å². The Morgan fingerprint density at radius 1 is 1.08 bits per heavy atom. The van der Waals surface area contributed by atoms with Crippen LogP contribution in [0.4, 0.5) is 0 Å². The number of carbonyl (C=O) groups excluding carboxylic acids is 3. The van der Waals surface area contributed by atoms with Crippen LogP contribution in [0.5, 0.6) is 0 Å². The van der Waals surface area contributed by atoms with Gasteiger partial charge in [-0.05, 0) is 0 Å². The highest BCUT2D eigenvalue weighted by atomic mass is 16.7. The molecule has 0 aromatic carbocycles. The average Bonchev–Trinajstić information content (AvgIpc) is 2.61. The van der Waals surface area contributed by atoms with Crippen LogP contribution < -0.4 is 0 Å². The molecular formula is C17H26O9. The van der Waals surface area contributed by atoms with E-state index in [0.29, 0.717) is 6.29 Å². The van der Waals surface area contributed by atoms with Crippen molar-refractivity contribution in [2.75, 3.05) is 19.8 Å². The summed E-state index contributed by atoms with van der Waals surface area (Å²) in [5.41, 5.74) is -3.84. The Kier molecular flexibility index (Phi) is 8.32. The molecule has 0 heterocycles. The highest BCUT2D eigenvalue weighted by molar-refractivity contribution is 5.90. The van der Waals surface area contributed by atoms with E-state index in [-0.39, 0.29) is 0 Å². The summed E-state index contributed by atoms with van der Waals surface area (Å²) in [5.74, 6) is -4.65. The van der Waals surface area contributed by atoms with E-state index in [0.717, 1.165) is 13.0 Å². The van der Waals surface area contributed by atoms with Gasteiger partial charge >= 0.3 is 11.9 Å². The Morgan fingerprint density at radius 2 is 1.54 bits per heavy atom. The molecule has 0 radical (unpaired) electrons. The highest BCUT2D eigenvalue weighted by Crippen LogP contribution is 2.37. The van der Waals surface area contributed by atoms with Gasteiger partial charge in [-0.15, -0.1) is 0 Å². The van der Waals surface area contributed by atoms with Gasteiger partial charge in [0.1, 0.15) is 11.7 Å². The van der Waals surface area contributed by atoms with Crippen molar-refractivity contribution in [1.82, 2.24) is 0 Å². The van der Waals surface area contributed by atoms with Crippen LogP contribution in [-0.4, -0.2) is 70.4 Å². The molecule has 0 aliphatic rings. The maximum absolute atomic E-state index is 12.4. The predicted octanol–water partition coefficient (Wildman–Crippen LogP) is -0.919. The van der Waals surface area contributed by atoms with Gasteiger partial charge in [0.15, 0.2) is 0 Å². The lowest BCUT2D eigenvalue weighted by Gasteiger charge is -2.43. The third kappa shape index (κ3) is 4.76. The van der Waals surface area contributed by atoms with E-state index in [9.17, 15) is 34.8 Å². The Balaban J connectivity index is 5.85. The standard InChI is InChI=1S/C17H26O9/c1-6-12(22)25-16(5,17(8-19,9-20)10-21)26-14(24)11(2)13(23)15(3,4)7-18/h6-7,13,19-21,23H,1-2,8-10H2,3-5H3. The van der Waals surface area contributed by atoms with Crippen molar-refractivity contribution in [2.24, 2.45) is 10.8 Å². The molecule has 0 aromatic rings. The van der Waals surface area contributed by atoms with Crippen LogP contribution in [0.2, 0.25) is 0 Å². The van der Waals surface area contributed by atoms with Gasteiger partial charge in [0.2, 0.25) is 0 Å². The monoisotopic (exact) mass is 374 g/mol. The minimum Gasteiger partial charge on any atom is -0.419 e. The minimum absolute atomic E-state index is 0.423. The quantitative estimate of drug-likeness (QED) is 0.156. The summed E-state index contributed by atoms with van der Waals surface area (Å²) in [4.78, 5) is 35.0. The van der Waals surface area contributed by atoms with E-state index in [1.165, 1.54) is 13.8 Å². The molecule has 2 atom stereocenters. The zero-order valence-electron chi connectivity index (χ0n) is 15.1. The first-order valence-electron chi connectivity index (χ1n) is 7.64. The number of hydrogen-bond acceptors (Lipinski definition) is 9. The van der Waals surface area contributed by atoms with Crippen molar-refractivity contribution in [3.63, 3.8) is 0 Å². The number of hydrogen-bond donors (Lipinski definition) is 4. The van der Waals surface area contributed by atoms with E-state index in [1.54, 1.807) is 0 Å². The van der Waals surface area contributed by atoms with Crippen molar-refractivity contribution < 1.29 is 44.3 Å².